The molecule has 24 heavy (non-hydrogen) atoms. The summed E-state index contributed by atoms with van der Waals surface area (Å²) in [7, 11) is 0. The van der Waals surface area contributed by atoms with E-state index in [-0.39, 0.29) is 5.91 Å². The van der Waals surface area contributed by atoms with Crippen LogP contribution in [0.15, 0.2) is 24.3 Å². The van der Waals surface area contributed by atoms with Gasteiger partial charge in [-0.2, -0.15) is 11.8 Å². The van der Waals surface area contributed by atoms with Crippen molar-refractivity contribution in [2.24, 2.45) is 5.92 Å². The second kappa shape index (κ2) is 8.88. The van der Waals surface area contributed by atoms with Gasteiger partial charge in [-0.25, -0.2) is 0 Å². The number of aliphatic hydroxyl groups excluding tert-OH is 1. The van der Waals surface area contributed by atoms with E-state index in [4.69, 9.17) is 0 Å². The molecule has 2 fully saturated rings. The number of rotatable bonds is 6. The summed E-state index contributed by atoms with van der Waals surface area (Å²) in [6.45, 7) is 4.12. The molecule has 1 atom stereocenters. The first-order valence-corrected chi connectivity index (χ1v) is 10.1. The topological polar surface area (TPSA) is 52.6 Å². The molecule has 1 amide bonds. The third-order valence-electron chi connectivity index (χ3n) is 5.10. The van der Waals surface area contributed by atoms with Crippen molar-refractivity contribution in [1.82, 2.24) is 10.2 Å². The van der Waals surface area contributed by atoms with Crippen LogP contribution in [0.1, 0.15) is 41.6 Å². The maximum Gasteiger partial charge on any atom is 0.251 e. The number of likely N-dealkylation sites (tertiary alicyclic amines) is 1. The van der Waals surface area contributed by atoms with E-state index in [0.717, 1.165) is 44.6 Å². The van der Waals surface area contributed by atoms with E-state index >= 15 is 0 Å². The van der Waals surface area contributed by atoms with Gasteiger partial charge in [0, 0.05) is 30.5 Å². The number of carbonyl (C=O) groups excluding carboxylic acids is 1. The summed E-state index contributed by atoms with van der Waals surface area (Å²) >= 11 is 1.97. The van der Waals surface area contributed by atoms with E-state index in [0.29, 0.717) is 17.8 Å². The molecule has 0 spiro atoms. The number of nitrogens with zero attached hydrogens (tertiary/aromatic N) is 1. The van der Waals surface area contributed by atoms with Crippen molar-refractivity contribution >= 4 is 17.7 Å². The number of benzene rings is 1. The minimum absolute atomic E-state index is 0.0396. The zero-order valence-corrected chi connectivity index (χ0v) is 15.1. The van der Waals surface area contributed by atoms with Gasteiger partial charge in [-0.1, -0.05) is 12.1 Å². The summed E-state index contributed by atoms with van der Waals surface area (Å²) in [6, 6.07) is 8.01. The van der Waals surface area contributed by atoms with E-state index in [1.54, 1.807) is 0 Å². The molecular weight excluding hydrogens is 320 g/mol. The number of nitrogens with one attached hydrogen (secondary N) is 1. The molecule has 0 radical (unpaired) electrons. The molecule has 0 unspecified atom stereocenters. The Bertz CT molecular complexity index is 521. The van der Waals surface area contributed by atoms with Gasteiger partial charge in [-0.3, -0.25) is 9.69 Å². The quantitative estimate of drug-likeness (QED) is 0.829. The lowest BCUT2D eigenvalue weighted by atomic mass is 9.97. The van der Waals surface area contributed by atoms with Crippen molar-refractivity contribution in [3.05, 3.63) is 35.4 Å². The molecule has 3 rings (SSSR count). The summed E-state index contributed by atoms with van der Waals surface area (Å²) in [4.78, 5) is 14.6. The molecule has 2 heterocycles. The molecular formula is C19H28N2O2S. The molecule has 2 aliphatic heterocycles. The molecule has 1 aromatic carbocycles. The second-order valence-electron chi connectivity index (χ2n) is 6.94. The number of hydrogen-bond acceptors (Lipinski definition) is 4. The van der Waals surface area contributed by atoms with Crippen LogP contribution in [0.2, 0.25) is 0 Å². The van der Waals surface area contributed by atoms with Gasteiger partial charge >= 0.3 is 0 Å². The Hall–Kier alpha value is -1.04. The van der Waals surface area contributed by atoms with E-state index in [1.165, 1.54) is 24.2 Å². The fourth-order valence-electron chi connectivity index (χ4n) is 3.46. The number of amides is 1. The molecule has 0 aromatic heterocycles. The maximum absolute atomic E-state index is 12.2. The van der Waals surface area contributed by atoms with Crippen LogP contribution in [0.3, 0.4) is 0 Å². The predicted molar refractivity (Wildman–Crippen MR) is 99.3 cm³/mol. The Morgan fingerprint density at radius 2 is 1.96 bits per heavy atom. The number of aliphatic hydroxyl groups is 1. The van der Waals surface area contributed by atoms with Crippen LogP contribution in [0.25, 0.3) is 0 Å². The Morgan fingerprint density at radius 1 is 1.21 bits per heavy atom. The molecule has 0 saturated carbocycles. The summed E-state index contributed by atoms with van der Waals surface area (Å²) in [5.74, 6) is 1.74. The number of thioether (sulfide) groups is 1. The SMILES string of the molecule is O=C(NC[C@@H]1CCCS1)c1ccc(CN2CCC(CO)CC2)cc1. The number of piperidine rings is 1. The summed E-state index contributed by atoms with van der Waals surface area (Å²) in [5, 5.41) is 12.9. The van der Waals surface area contributed by atoms with Crippen molar-refractivity contribution < 1.29 is 9.90 Å². The first kappa shape index (κ1) is 17.8. The normalized spacial score (nSPS) is 22.6. The van der Waals surface area contributed by atoms with Gasteiger partial charge in [-0.05, 0) is 68.1 Å². The van der Waals surface area contributed by atoms with Gasteiger partial charge < -0.3 is 10.4 Å². The first-order chi connectivity index (χ1) is 11.7. The van der Waals surface area contributed by atoms with E-state index < -0.39 is 0 Å². The highest BCUT2D eigenvalue weighted by molar-refractivity contribution is 8.00. The van der Waals surface area contributed by atoms with Crippen molar-refractivity contribution in [3.63, 3.8) is 0 Å². The van der Waals surface area contributed by atoms with Gasteiger partial charge in [-0.15, -0.1) is 0 Å². The van der Waals surface area contributed by atoms with Gasteiger partial charge in [0.2, 0.25) is 0 Å². The third kappa shape index (κ3) is 4.98. The average Bonchev–Trinajstić information content (AvgIpc) is 3.14. The van der Waals surface area contributed by atoms with Gasteiger partial charge in [0.05, 0.1) is 0 Å². The van der Waals surface area contributed by atoms with Crippen molar-refractivity contribution in [3.8, 4) is 0 Å². The highest BCUT2D eigenvalue weighted by Crippen LogP contribution is 2.25. The highest BCUT2D eigenvalue weighted by Gasteiger charge is 2.19. The number of hydrogen-bond donors (Lipinski definition) is 2. The summed E-state index contributed by atoms with van der Waals surface area (Å²) in [6.07, 6.45) is 4.65. The molecule has 4 nitrogen and oxygen atoms in total. The Kier molecular flexibility index (Phi) is 6.58. The van der Waals surface area contributed by atoms with Crippen molar-refractivity contribution in [2.75, 3.05) is 32.0 Å². The monoisotopic (exact) mass is 348 g/mol. The molecule has 132 valence electrons. The van der Waals surface area contributed by atoms with Gasteiger partial charge in [0.1, 0.15) is 0 Å². The summed E-state index contributed by atoms with van der Waals surface area (Å²) in [5.41, 5.74) is 2.00. The van der Waals surface area contributed by atoms with Gasteiger partial charge in [0.15, 0.2) is 0 Å². The third-order valence-corrected chi connectivity index (χ3v) is 6.50. The Balaban J connectivity index is 1.45. The fourth-order valence-corrected chi connectivity index (χ4v) is 4.66. The zero-order chi connectivity index (χ0) is 16.8. The number of carbonyl (C=O) groups is 1. The van der Waals surface area contributed by atoms with Crippen molar-refractivity contribution in [1.29, 1.82) is 0 Å². The Labute approximate surface area is 149 Å². The largest absolute Gasteiger partial charge is 0.396 e. The molecule has 2 saturated heterocycles. The van der Waals surface area contributed by atoms with Crippen LogP contribution >= 0.6 is 11.8 Å². The van der Waals surface area contributed by atoms with Crippen molar-refractivity contribution in [2.45, 2.75) is 37.5 Å². The predicted octanol–water partition coefficient (Wildman–Crippen LogP) is 2.52. The fraction of sp³-hybridized carbons (Fsp3) is 0.632. The molecule has 1 aromatic rings. The van der Waals surface area contributed by atoms with Crippen LogP contribution < -0.4 is 5.32 Å². The second-order valence-corrected chi connectivity index (χ2v) is 8.35. The lowest BCUT2D eigenvalue weighted by Crippen LogP contribution is -2.34. The molecule has 0 aliphatic carbocycles. The van der Waals surface area contributed by atoms with Crippen LogP contribution in [0, 0.1) is 5.92 Å². The highest BCUT2D eigenvalue weighted by atomic mass is 32.2. The van der Waals surface area contributed by atoms with Crippen LogP contribution in [0.4, 0.5) is 0 Å². The molecule has 2 N–H and O–H groups in total. The smallest absolute Gasteiger partial charge is 0.251 e. The van der Waals surface area contributed by atoms with E-state index in [9.17, 15) is 9.90 Å². The van der Waals surface area contributed by atoms with Crippen LogP contribution in [0.5, 0.6) is 0 Å². The van der Waals surface area contributed by atoms with E-state index in [2.05, 4.69) is 22.3 Å². The zero-order valence-electron chi connectivity index (χ0n) is 14.2. The minimum Gasteiger partial charge on any atom is -0.396 e. The standard InChI is InChI=1S/C19H28N2O2S/c22-14-16-7-9-21(10-8-16)13-15-3-5-17(6-4-15)19(23)20-12-18-2-1-11-24-18/h3-6,16,18,22H,1-2,7-14H2,(H,20,23)/t18-/m0/s1. The maximum atomic E-state index is 12.2. The van der Waals surface area contributed by atoms with E-state index in [1.807, 2.05) is 23.9 Å². The lowest BCUT2D eigenvalue weighted by molar-refractivity contribution is 0.0953. The molecule has 0 bridgehead atoms. The first-order valence-electron chi connectivity index (χ1n) is 9.06. The van der Waals surface area contributed by atoms with Crippen LogP contribution in [-0.4, -0.2) is 53.2 Å². The van der Waals surface area contributed by atoms with Gasteiger partial charge in [0.25, 0.3) is 5.91 Å². The molecule has 5 heteroatoms. The average molecular weight is 349 g/mol. The van der Waals surface area contributed by atoms with Crippen LogP contribution in [-0.2, 0) is 6.54 Å². The molecule has 2 aliphatic rings. The minimum atomic E-state index is 0.0396. The lowest BCUT2D eigenvalue weighted by Gasteiger charge is -2.31. The Morgan fingerprint density at radius 3 is 2.58 bits per heavy atom. The summed E-state index contributed by atoms with van der Waals surface area (Å²) < 4.78 is 0.